The summed E-state index contributed by atoms with van der Waals surface area (Å²) in [5, 5.41) is 1.06. The van der Waals surface area contributed by atoms with E-state index in [2.05, 4.69) is 44.1 Å². The quantitative estimate of drug-likeness (QED) is 0.803. The number of rotatable bonds is 4. The number of likely N-dealkylation sites (tertiary alicyclic amines) is 1. The highest BCUT2D eigenvalue weighted by atomic mass is 15.1. The average Bonchev–Trinajstić information content (AvgIpc) is 3.18. The van der Waals surface area contributed by atoms with Crippen molar-refractivity contribution in [2.24, 2.45) is 0 Å². The van der Waals surface area contributed by atoms with Crippen molar-refractivity contribution >= 4 is 11.0 Å². The van der Waals surface area contributed by atoms with Crippen molar-refractivity contribution in [3.63, 3.8) is 0 Å². The third-order valence-electron chi connectivity index (χ3n) is 4.31. The van der Waals surface area contributed by atoms with Crippen LogP contribution in [0.4, 0.5) is 0 Å². The Hall–Kier alpha value is -2.20. The molecule has 0 saturated carbocycles. The highest BCUT2D eigenvalue weighted by molar-refractivity contribution is 5.73. The van der Waals surface area contributed by atoms with Gasteiger partial charge < -0.3 is 4.98 Å². The lowest BCUT2D eigenvalue weighted by Crippen LogP contribution is -2.18. The Bertz CT molecular complexity index is 771. The Kier molecular flexibility index (Phi) is 3.60. The van der Waals surface area contributed by atoms with Gasteiger partial charge in [-0.3, -0.25) is 4.90 Å². The lowest BCUT2D eigenvalue weighted by molar-refractivity contribution is 0.331. The SMILES string of the molecule is c1cc(Cc2ncc3cc[nH]c3n2)cc(CN2CCCC2)c1. The Morgan fingerprint density at radius 2 is 1.95 bits per heavy atom. The van der Waals surface area contributed by atoms with Gasteiger partial charge in [0.05, 0.1) is 0 Å². The van der Waals surface area contributed by atoms with Gasteiger partial charge in [-0.1, -0.05) is 24.3 Å². The van der Waals surface area contributed by atoms with Crippen molar-refractivity contribution in [2.45, 2.75) is 25.8 Å². The van der Waals surface area contributed by atoms with Gasteiger partial charge in [0.1, 0.15) is 11.5 Å². The number of benzene rings is 1. The molecule has 0 aliphatic carbocycles. The molecule has 0 bridgehead atoms. The smallest absolute Gasteiger partial charge is 0.141 e. The van der Waals surface area contributed by atoms with Crippen molar-refractivity contribution in [1.29, 1.82) is 0 Å². The molecular formula is C18H20N4. The monoisotopic (exact) mass is 292 g/mol. The van der Waals surface area contributed by atoms with Crippen LogP contribution >= 0.6 is 0 Å². The molecule has 0 atom stereocenters. The maximum absolute atomic E-state index is 4.59. The number of aromatic nitrogens is 3. The van der Waals surface area contributed by atoms with Crippen LogP contribution in [0, 0.1) is 0 Å². The normalized spacial score (nSPS) is 15.6. The summed E-state index contributed by atoms with van der Waals surface area (Å²) >= 11 is 0. The summed E-state index contributed by atoms with van der Waals surface area (Å²) in [6.45, 7) is 3.53. The molecule has 112 valence electrons. The molecule has 1 fully saturated rings. The molecule has 1 aliphatic heterocycles. The first-order valence-electron chi connectivity index (χ1n) is 7.96. The summed E-state index contributed by atoms with van der Waals surface area (Å²) in [7, 11) is 0. The van der Waals surface area contributed by atoms with E-state index in [9.17, 15) is 0 Å². The zero-order valence-electron chi connectivity index (χ0n) is 12.6. The van der Waals surface area contributed by atoms with E-state index in [1.165, 1.54) is 37.1 Å². The lowest BCUT2D eigenvalue weighted by atomic mass is 10.1. The van der Waals surface area contributed by atoms with Crippen LogP contribution < -0.4 is 0 Å². The number of hydrogen-bond donors (Lipinski definition) is 1. The zero-order chi connectivity index (χ0) is 14.8. The molecule has 0 radical (unpaired) electrons. The van der Waals surface area contributed by atoms with Crippen LogP contribution in [0.15, 0.2) is 42.7 Å². The van der Waals surface area contributed by atoms with Crippen molar-refractivity contribution in [3.05, 3.63) is 59.7 Å². The van der Waals surface area contributed by atoms with Gasteiger partial charge in [-0.2, -0.15) is 0 Å². The van der Waals surface area contributed by atoms with E-state index in [0.717, 1.165) is 29.8 Å². The number of nitrogens with one attached hydrogen (secondary N) is 1. The second-order valence-corrected chi connectivity index (χ2v) is 6.05. The van der Waals surface area contributed by atoms with Gasteiger partial charge in [0.25, 0.3) is 0 Å². The lowest BCUT2D eigenvalue weighted by Gasteiger charge is -2.15. The first-order chi connectivity index (χ1) is 10.9. The topological polar surface area (TPSA) is 44.8 Å². The zero-order valence-corrected chi connectivity index (χ0v) is 12.6. The fraction of sp³-hybridized carbons (Fsp3) is 0.333. The Balaban J connectivity index is 1.51. The number of H-pyrrole nitrogens is 1. The molecule has 1 aliphatic rings. The van der Waals surface area contributed by atoms with Crippen LogP contribution in [0.2, 0.25) is 0 Å². The van der Waals surface area contributed by atoms with E-state index < -0.39 is 0 Å². The second kappa shape index (κ2) is 5.89. The van der Waals surface area contributed by atoms with Gasteiger partial charge in [0.2, 0.25) is 0 Å². The van der Waals surface area contributed by atoms with Gasteiger partial charge in [0.15, 0.2) is 0 Å². The van der Waals surface area contributed by atoms with Crippen molar-refractivity contribution in [2.75, 3.05) is 13.1 Å². The number of fused-ring (bicyclic) bond motifs is 1. The predicted octanol–water partition coefficient (Wildman–Crippen LogP) is 3.14. The van der Waals surface area contributed by atoms with Crippen LogP contribution in [0.1, 0.15) is 29.8 Å². The standard InChI is InChI=1S/C18H20N4/c1-2-9-22(8-1)13-15-5-3-4-14(10-15)11-17-20-12-16-6-7-19-18(16)21-17/h3-7,10,12H,1-2,8-9,11,13H2,(H,19,20,21). The maximum atomic E-state index is 4.59. The van der Waals surface area contributed by atoms with Gasteiger partial charge in [-0.15, -0.1) is 0 Å². The molecule has 1 aromatic carbocycles. The molecule has 1 N–H and O–H groups in total. The molecule has 4 heteroatoms. The third-order valence-corrected chi connectivity index (χ3v) is 4.31. The molecule has 3 heterocycles. The number of nitrogens with zero attached hydrogens (tertiary/aromatic N) is 3. The van der Waals surface area contributed by atoms with E-state index in [1.54, 1.807) is 0 Å². The first kappa shape index (κ1) is 13.5. The Labute approximate surface area is 130 Å². The summed E-state index contributed by atoms with van der Waals surface area (Å²) < 4.78 is 0. The van der Waals surface area contributed by atoms with Gasteiger partial charge in [-0.05, 0) is 43.1 Å². The largest absolute Gasteiger partial charge is 0.346 e. The summed E-state index contributed by atoms with van der Waals surface area (Å²) in [4.78, 5) is 14.7. The van der Waals surface area contributed by atoms with Crippen LogP contribution in [0.5, 0.6) is 0 Å². The van der Waals surface area contributed by atoms with Crippen LogP contribution in [-0.2, 0) is 13.0 Å². The molecule has 1 saturated heterocycles. The minimum Gasteiger partial charge on any atom is -0.346 e. The predicted molar refractivity (Wildman–Crippen MR) is 87.6 cm³/mol. The van der Waals surface area contributed by atoms with E-state index >= 15 is 0 Å². The van der Waals surface area contributed by atoms with Crippen LogP contribution in [0.25, 0.3) is 11.0 Å². The van der Waals surface area contributed by atoms with E-state index in [4.69, 9.17) is 0 Å². The minimum atomic E-state index is 0.781. The van der Waals surface area contributed by atoms with E-state index in [-0.39, 0.29) is 0 Å². The summed E-state index contributed by atoms with van der Waals surface area (Å²) in [6, 6.07) is 10.8. The molecule has 3 aromatic rings. The van der Waals surface area contributed by atoms with Crippen molar-refractivity contribution in [3.8, 4) is 0 Å². The third kappa shape index (κ3) is 2.88. The first-order valence-corrected chi connectivity index (χ1v) is 7.96. The van der Waals surface area contributed by atoms with Gasteiger partial charge in [-0.25, -0.2) is 9.97 Å². The average molecular weight is 292 g/mol. The molecule has 0 amide bonds. The van der Waals surface area contributed by atoms with Crippen molar-refractivity contribution < 1.29 is 0 Å². The molecule has 22 heavy (non-hydrogen) atoms. The highest BCUT2D eigenvalue weighted by Crippen LogP contribution is 2.16. The Morgan fingerprint density at radius 3 is 2.86 bits per heavy atom. The summed E-state index contributed by atoms with van der Waals surface area (Å²) in [5.41, 5.74) is 3.58. The molecule has 4 nitrogen and oxygen atoms in total. The summed E-state index contributed by atoms with van der Waals surface area (Å²) in [6.07, 6.45) is 7.25. The van der Waals surface area contributed by atoms with Gasteiger partial charge >= 0.3 is 0 Å². The van der Waals surface area contributed by atoms with Gasteiger partial charge in [0, 0.05) is 30.7 Å². The molecule has 0 unspecified atom stereocenters. The minimum absolute atomic E-state index is 0.781. The van der Waals surface area contributed by atoms with E-state index in [1.807, 2.05) is 18.5 Å². The van der Waals surface area contributed by atoms with Crippen molar-refractivity contribution in [1.82, 2.24) is 19.9 Å². The van der Waals surface area contributed by atoms with Crippen LogP contribution in [-0.4, -0.2) is 32.9 Å². The number of aromatic amines is 1. The number of hydrogen-bond acceptors (Lipinski definition) is 3. The summed E-state index contributed by atoms with van der Waals surface area (Å²) in [5.74, 6) is 0.869. The molecule has 4 rings (SSSR count). The van der Waals surface area contributed by atoms with E-state index in [0.29, 0.717) is 0 Å². The van der Waals surface area contributed by atoms with Crippen LogP contribution in [0.3, 0.4) is 0 Å². The fourth-order valence-electron chi connectivity index (χ4n) is 3.18. The molecule has 2 aromatic heterocycles. The highest BCUT2D eigenvalue weighted by Gasteiger charge is 2.12. The fourth-order valence-corrected chi connectivity index (χ4v) is 3.18. The molecule has 0 spiro atoms. The second-order valence-electron chi connectivity index (χ2n) is 6.05. The molecular weight excluding hydrogens is 272 g/mol. The maximum Gasteiger partial charge on any atom is 0.141 e. The Morgan fingerprint density at radius 1 is 1.09 bits per heavy atom.